The van der Waals surface area contributed by atoms with Gasteiger partial charge in [0.2, 0.25) is 0 Å². The number of aldehydes is 1. The molecule has 0 aliphatic carbocycles. The number of fused-ring (bicyclic) bond motifs is 2. The first-order chi connectivity index (χ1) is 13.0. The van der Waals surface area contributed by atoms with Gasteiger partial charge in [0.05, 0.1) is 39.8 Å². The molecule has 2 heterocycles. The SMILES string of the molecule is COCc1cnc2c(-c3nc4c(Cl)c(F)c(C=O)cc4s3)cc(C)cc2n1. The van der Waals surface area contributed by atoms with E-state index >= 15 is 0 Å². The van der Waals surface area contributed by atoms with Gasteiger partial charge in [-0.1, -0.05) is 11.6 Å². The summed E-state index contributed by atoms with van der Waals surface area (Å²) >= 11 is 7.41. The molecule has 0 spiro atoms. The van der Waals surface area contributed by atoms with Crippen molar-refractivity contribution in [1.82, 2.24) is 15.0 Å². The minimum Gasteiger partial charge on any atom is -0.378 e. The fourth-order valence-corrected chi connectivity index (χ4v) is 4.26. The van der Waals surface area contributed by atoms with Crippen molar-refractivity contribution in [3.8, 4) is 10.6 Å². The van der Waals surface area contributed by atoms with E-state index in [9.17, 15) is 9.18 Å². The number of carbonyl (C=O) groups excluding carboxylic acids is 1. The summed E-state index contributed by atoms with van der Waals surface area (Å²) in [5.74, 6) is -0.755. The second kappa shape index (κ2) is 6.92. The lowest BCUT2D eigenvalue weighted by molar-refractivity contribution is 0.112. The molecule has 0 saturated heterocycles. The van der Waals surface area contributed by atoms with Gasteiger partial charge >= 0.3 is 0 Å². The number of hydrogen-bond acceptors (Lipinski definition) is 6. The third-order valence-corrected chi connectivity index (χ3v) is 5.47. The first kappa shape index (κ1) is 17.9. The van der Waals surface area contributed by atoms with Crippen LogP contribution in [-0.2, 0) is 11.3 Å². The molecule has 0 unspecified atom stereocenters. The van der Waals surface area contributed by atoms with Gasteiger partial charge in [-0.2, -0.15) is 0 Å². The van der Waals surface area contributed by atoms with E-state index in [1.165, 1.54) is 17.4 Å². The molecule has 0 saturated carbocycles. The molecule has 5 nitrogen and oxygen atoms in total. The van der Waals surface area contributed by atoms with Crippen molar-refractivity contribution < 1.29 is 13.9 Å². The van der Waals surface area contributed by atoms with Crippen LogP contribution in [-0.4, -0.2) is 28.3 Å². The average molecular weight is 402 g/mol. The standard InChI is InChI=1S/C19H13ClFN3O2S/c1-9-3-12(17-13(4-9)23-11(6-22-17)8-26-2)19-24-18-14(27-19)5-10(7-25)16(21)15(18)20/h3-7H,8H2,1-2H3. The maximum Gasteiger partial charge on any atom is 0.154 e. The molecule has 27 heavy (non-hydrogen) atoms. The highest BCUT2D eigenvalue weighted by Gasteiger charge is 2.18. The van der Waals surface area contributed by atoms with Gasteiger partial charge in [-0.3, -0.25) is 9.78 Å². The first-order valence-electron chi connectivity index (χ1n) is 8.01. The summed E-state index contributed by atoms with van der Waals surface area (Å²) in [6, 6.07) is 5.36. The van der Waals surface area contributed by atoms with Gasteiger partial charge in [-0.25, -0.2) is 14.4 Å². The van der Waals surface area contributed by atoms with E-state index in [4.69, 9.17) is 16.3 Å². The minimum atomic E-state index is -0.755. The van der Waals surface area contributed by atoms with Crippen molar-refractivity contribution >= 4 is 50.5 Å². The maximum atomic E-state index is 14.1. The van der Waals surface area contributed by atoms with Crippen LogP contribution in [0.2, 0.25) is 5.02 Å². The molecule has 2 aromatic heterocycles. The number of thiazole rings is 1. The molecule has 0 bridgehead atoms. The van der Waals surface area contributed by atoms with Gasteiger partial charge in [-0.15, -0.1) is 11.3 Å². The van der Waals surface area contributed by atoms with E-state index < -0.39 is 5.82 Å². The van der Waals surface area contributed by atoms with E-state index in [0.717, 1.165) is 22.3 Å². The quantitative estimate of drug-likeness (QED) is 0.452. The highest BCUT2D eigenvalue weighted by atomic mass is 35.5. The number of nitrogens with zero attached hydrogens (tertiary/aromatic N) is 3. The van der Waals surface area contributed by atoms with Crippen molar-refractivity contribution in [2.45, 2.75) is 13.5 Å². The predicted molar refractivity (Wildman–Crippen MR) is 104 cm³/mol. The second-order valence-corrected chi connectivity index (χ2v) is 7.46. The molecule has 4 rings (SSSR count). The van der Waals surface area contributed by atoms with Crippen LogP contribution >= 0.6 is 22.9 Å². The van der Waals surface area contributed by atoms with Crippen LogP contribution in [0.5, 0.6) is 0 Å². The second-order valence-electron chi connectivity index (χ2n) is 6.05. The Morgan fingerprint density at radius 2 is 2.07 bits per heavy atom. The fourth-order valence-electron chi connectivity index (χ4n) is 2.91. The number of hydrogen-bond donors (Lipinski definition) is 0. The Hall–Kier alpha value is -2.48. The molecule has 0 fully saturated rings. The molecule has 0 amide bonds. The van der Waals surface area contributed by atoms with Crippen LogP contribution in [0.4, 0.5) is 4.39 Å². The van der Waals surface area contributed by atoms with Crippen molar-refractivity contribution in [3.05, 3.63) is 52.1 Å². The number of ether oxygens (including phenoxy) is 1. The van der Waals surface area contributed by atoms with E-state index in [1.54, 1.807) is 13.3 Å². The van der Waals surface area contributed by atoms with E-state index in [-0.39, 0.29) is 10.6 Å². The lowest BCUT2D eigenvalue weighted by Gasteiger charge is -2.06. The topological polar surface area (TPSA) is 65.0 Å². The largest absolute Gasteiger partial charge is 0.378 e. The number of methoxy groups -OCH3 is 1. The Balaban J connectivity index is 1.96. The minimum absolute atomic E-state index is 0.0826. The van der Waals surface area contributed by atoms with Gasteiger partial charge in [0, 0.05) is 12.7 Å². The molecule has 0 aliphatic rings. The van der Waals surface area contributed by atoms with Crippen molar-refractivity contribution in [3.63, 3.8) is 0 Å². The Kier molecular flexibility index (Phi) is 4.59. The fraction of sp³-hybridized carbons (Fsp3) is 0.158. The molecule has 8 heteroatoms. The summed E-state index contributed by atoms with van der Waals surface area (Å²) in [7, 11) is 1.60. The summed E-state index contributed by atoms with van der Waals surface area (Å²) in [5, 5.41) is 0.486. The van der Waals surface area contributed by atoms with E-state index in [0.29, 0.717) is 33.6 Å². The van der Waals surface area contributed by atoms with Gasteiger partial charge in [-0.05, 0) is 30.7 Å². The molecular weight excluding hydrogens is 389 g/mol. The number of carbonyl (C=O) groups is 1. The summed E-state index contributed by atoms with van der Waals surface area (Å²) in [6.07, 6.45) is 2.11. The summed E-state index contributed by atoms with van der Waals surface area (Å²) in [6.45, 7) is 2.33. The van der Waals surface area contributed by atoms with Gasteiger partial charge in [0.15, 0.2) is 12.1 Å². The van der Waals surface area contributed by atoms with Crippen LogP contribution in [0.15, 0.2) is 24.4 Å². The highest BCUT2D eigenvalue weighted by molar-refractivity contribution is 7.21. The van der Waals surface area contributed by atoms with Crippen LogP contribution < -0.4 is 0 Å². The Labute approximate surface area is 162 Å². The third kappa shape index (κ3) is 3.07. The molecular formula is C19H13ClFN3O2S. The maximum absolute atomic E-state index is 14.1. The van der Waals surface area contributed by atoms with E-state index in [1.807, 2.05) is 19.1 Å². The third-order valence-electron chi connectivity index (χ3n) is 4.08. The van der Waals surface area contributed by atoms with Crippen LogP contribution in [0.3, 0.4) is 0 Å². The normalized spacial score (nSPS) is 11.4. The molecule has 0 aliphatic heterocycles. The molecule has 136 valence electrons. The number of aromatic nitrogens is 3. The zero-order valence-corrected chi connectivity index (χ0v) is 16.0. The lowest BCUT2D eigenvalue weighted by atomic mass is 10.1. The number of rotatable bonds is 4. The average Bonchev–Trinajstić information content (AvgIpc) is 3.08. The van der Waals surface area contributed by atoms with Crippen LogP contribution in [0, 0.1) is 12.7 Å². The Bertz CT molecular complexity index is 1210. The Morgan fingerprint density at radius 3 is 2.81 bits per heavy atom. The molecule has 4 aromatic rings. The molecule has 0 N–H and O–H groups in total. The smallest absolute Gasteiger partial charge is 0.154 e. The molecule has 0 radical (unpaired) electrons. The zero-order valence-electron chi connectivity index (χ0n) is 14.4. The number of halogens is 2. The lowest BCUT2D eigenvalue weighted by Crippen LogP contribution is -1.96. The van der Waals surface area contributed by atoms with Gasteiger partial charge in [0.25, 0.3) is 0 Å². The summed E-state index contributed by atoms with van der Waals surface area (Å²) in [4.78, 5) is 24.7. The van der Waals surface area contributed by atoms with Gasteiger partial charge in [0.1, 0.15) is 15.5 Å². The van der Waals surface area contributed by atoms with Crippen molar-refractivity contribution in [1.29, 1.82) is 0 Å². The van der Waals surface area contributed by atoms with Crippen LogP contribution in [0.25, 0.3) is 31.8 Å². The molecule has 2 aromatic carbocycles. The van der Waals surface area contributed by atoms with Crippen molar-refractivity contribution in [2.24, 2.45) is 0 Å². The van der Waals surface area contributed by atoms with Gasteiger partial charge < -0.3 is 4.74 Å². The number of aryl methyl sites for hydroxylation is 1. The number of benzene rings is 2. The van der Waals surface area contributed by atoms with Crippen LogP contribution in [0.1, 0.15) is 21.6 Å². The highest BCUT2D eigenvalue weighted by Crippen LogP contribution is 2.38. The zero-order chi connectivity index (χ0) is 19.1. The summed E-state index contributed by atoms with van der Waals surface area (Å²) in [5.41, 5.74) is 4.17. The summed E-state index contributed by atoms with van der Waals surface area (Å²) < 4.78 is 19.9. The van der Waals surface area contributed by atoms with E-state index in [2.05, 4.69) is 15.0 Å². The first-order valence-corrected chi connectivity index (χ1v) is 9.20. The molecule has 0 atom stereocenters. The predicted octanol–water partition coefficient (Wildman–Crippen LogP) is 4.97. The monoisotopic (exact) mass is 401 g/mol. The van der Waals surface area contributed by atoms with Crippen molar-refractivity contribution in [2.75, 3.05) is 7.11 Å². The Morgan fingerprint density at radius 1 is 1.26 bits per heavy atom.